The SMILES string of the molecule is C/C(COc1ccc(C2=Cc3ccc(OC/C(C)=N/NC(N)=S)cc3OC2)cc1)=N\NC(N)=S. The van der Waals surface area contributed by atoms with Gasteiger partial charge in [0.15, 0.2) is 10.2 Å². The van der Waals surface area contributed by atoms with E-state index in [1.807, 2.05) is 56.3 Å². The van der Waals surface area contributed by atoms with Gasteiger partial charge in [-0.2, -0.15) is 10.2 Å². The van der Waals surface area contributed by atoms with Gasteiger partial charge in [-0.1, -0.05) is 12.1 Å². The third-order valence-electron chi connectivity index (χ3n) is 4.53. The summed E-state index contributed by atoms with van der Waals surface area (Å²) in [5, 5.41) is 8.26. The fraction of sp³-hybridized carbons (Fsp3) is 0.217. The maximum absolute atomic E-state index is 5.97. The molecular weight excluding hydrogens is 472 g/mol. The van der Waals surface area contributed by atoms with E-state index in [4.69, 9.17) is 50.1 Å². The van der Waals surface area contributed by atoms with Gasteiger partial charge < -0.3 is 25.7 Å². The molecule has 6 N–H and O–H groups in total. The van der Waals surface area contributed by atoms with Gasteiger partial charge in [-0.05, 0) is 79.8 Å². The highest BCUT2D eigenvalue weighted by Gasteiger charge is 2.14. The average Bonchev–Trinajstić information content (AvgIpc) is 2.83. The van der Waals surface area contributed by atoms with E-state index in [0.29, 0.717) is 31.3 Å². The number of ether oxygens (including phenoxy) is 3. The number of hydrazone groups is 2. The molecule has 1 heterocycles. The van der Waals surface area contributed by atoms with Crippen LogP contribution in [0.2, 0.25) is 0 Å². The lowest BCUT2D eigenvalue weighted by molar-refractivity contribution is 0.351. The lowest BCUT2D eigenvalue weighted by Gasteiger charge is -2.19. The summed E-state index contributed by atoms with van der Waals surface area (Å²) in [5.41, 5.74) is 20.3. The molecule has 0 atom stereocenters. The summed E-state index contributed by atoms with van der Waals surface area (Å²) in [5.74, 6) is 2.18. The molecule has 11 heteroatoms. The summed E-state index contributed by atoms with van der Waals surface area (Å²) < 4.78 is 17.5. The molecule has 9 nitrogen and oxygen atoms in total. The average molecular weight is 499 g/mol. The van der Waals surface area contributed by atoms with Gasteiger partial charge in [-0.3, -0.25) is 10.9 Å². The summed E-state index contributed by atoms with van der Waals surface area (Å²) >= 11 is 9.44. The highest BCUT2D eigenvalue weighted by molar-refractivity contribution is 7.80. The summed E-state index contributed by atoms with van der Waals surface area (Å²) in [6, 6.07) is 13.5. The molecule has 0 aliphatic carbocycles. The van der Waals surface area contributed by atoms with Gasteiger partial charge in [0, 0.05) is 11.6 Å². The predicted octanol–water partition coefficient (Wildman–Crippen LogP) is 2.80. The predicted molar refractivity (Wildman–Crippen MR) is 143 cm³/mol. The highest BCUT2D eigenvalue weighted by Crippen LogP contribution is 2.33. The third kappa shape index (κ3) is 7.71. The number of nitrogens with two attached hydrogens (primary N) is 2. The number of hydrogen-bond donors (Lipinski definition) is 4. The molecule has 1 aliphatic heterocycles. The Morgan fingerprint density at radius 1 is 0.912 bits per heavy atom. The molecule has 0 spiro atoms. The fourth-order valence-corrected chi connectivity index (χ4v) is 3.00. The number of nitrogens with one attached hydrogen (secondary N) is 2. The van der Waals surface area contributed by atoms with Crippen molar-refractivity contribution in [3.05, 3.63) is 53.6 Å². The third-order valence-corrected chi connectivity index (χ3v) is 4.71. The Morgan fingerprint density at radius 2 is 1.47 bits per heavy atom. The first-order valence-electron chi connectivity index (χ1n) is 10.3. The second kappa shape index (κ2) is 12.0. The van der Waals surface area contributed by atoms with Gasteiger partial charge >= 0.3 is 0 Å². The maximum Gasteiger partial charge on any atom is 0.184 e. The van der Waals surface area contributed by atoms with Crippen LogP contribution in [0.4, 0.5) is 0 Å². The standard InChI is InChI=1S/C23H26N6O3S2/c1-14(26-28-22(24)33)11-30-19-6-3-16(4-7-19)18-9-17-5-8-20(10-21(17)32-13-18)31-12-15(2)27-29-23(25)34/h3-10H,11-13H2,1-2H3,(H3,24,28,33)(H3,25,29,34)/b26-14+,27-15+. The Morgan fingerprint density at radius 3 is 2.06 bits per heavy atom. The first kappa shape index (κ1) is 24.9. The van der Waals surface area contributed by atoms with E-state index in [1.165, 1.54) is 0 Å². The number of benzene rings is 2. The second-order valence-corrected chi connectivity index (χ2v) is 8.29. The molecule has 0 saturated heterocycles. The van der Waals surface area contributed by atoms with E-state index in [1.54, 1.807) is 0 Å². The quantitative estimate of drug-likeness (QED) is 0.234. The summed E-state index contributed by atoms with van der Waals surface area (Å²) in [6.07, 6.45) is 2.11. The molecule has 0 unspecified atom stereocenters. The Labute approximate surface area is 208 Å². The van der Waals surface area contributed by atoms with Gasteiger partial charge in [-0.15, -0.1) is 0 Å². The normalized spacial score (nSPS) is 13.2. The highest BCUT2D eigenvalue weighted by atomic mass is 32.1. The van der Waals surface area contributed by atoms with E-state index >= 15 is 0 Å². The Kier molecular flexibility index (Phi) is 8.77. The van der Waals surface area contributed by atoms with Crippen molar-refractivity contribution < 1.29 is 14.2 Å². The van der Waals surface area contributed by atoms with Crippen LogP contribution in [0, 0.1) is 0 Å². The van der Waals surface area contributed by atoms with Crippen molar-refractivity contribution in [1.82, 2.24) is 10.9 Å². The van der Waals surface area contributed by atoms with Gasteiger partial charge in [0.05, 0.1) is 11.4 Å². The molecule has 0 amide bonds. The van der Waals surface area contributed by atoms with Crippen LogP contribution in [-0.2, 0) is 0 Å². The van der Waals surface area contributed by atoms with Crippen molar-refractivity contribution in [1.29, 1.82) is 0 Å². The summed E-state index contributed by atoms with van der Waals surface area (Å²) in [4.78, 5) is 0. The zero-order chi connectivity index (χ0) is 24.5. The Bertz CT molecular complexity index is 1150. The first-order chi connectivity index (χ1) is 16.3. The molecule has 34 heavy (non-hydrogen) atoms. The molecule has 3 rings (SSSR count). The van der Waals surface area contributed by atoms with Gasteiger partial charge in [0.1, 0.15) is 37.1 Å². The summed E-state index contributed by atoms with van der Waals surface area (Å²) in [6.45, 7) is 4.70. The number of fused-ring (bicyclic) bond motifs is 1. The molecule has 178 valence electrons. The van der Waals surface area contributed by atoms with Crippen LogP contribution in [0.15, 0.2) is 52.7 Å². The lowest BCUT2D eigenvalue weighted by atomic mass is 10.0. The first-order valence-corrected chi connectivity index (χ1v) is 11.1. The minimum absolute atomic E-state index is 0.109. The molecular formula is C23H26N6O3S2. The Hall–Kier alpha value is -3.70. The van der Waals surface area contributed by atoms with Crippen molar-refractivity contribution in [2.75, 3.05) is 19.8 Å². The number of nitrogens with zero attached hydrogens (tertiary/aromatic N) is 2. The lowest BCUT2D eigenvalue weighted by Crippen LogP contribution is -2.26. The van der Waals surface area contributed by atoms with Crippen LogP contribution in [0.5, 0.6) is 17.2 Å². The number of rotatable bonds is 9. The van der Waals surface area contributed by atoms with Crippen LogP contribution in [0.25, 0.3) is 11.6 Å². The van der Waals surface area contributed by atoms with E-state index in [9.17, 15) is 0 Å². The molecule has 0 bridgehead atoms. The smallest absolute Gasteiger partial charge is 0.184 e. The molecule has 1 aliphatic rings. The fourth-order valence-electron chi connectivity index (χ4n) is 2.91. The molecule has 2 aromatic carbocycles. The monoisotopic (exact) mass is 498 g/mol. The zero-order valence-corrected chi connectivity index (χ0v) is 20.5. The van der Waals surface area contributed by atoms with Crippen LogP contribution < -0.4 is 36.5 Å². The van der Waals surface area contributed by atoms with Gasteiger partial charge in [0.25, 0.3) is 0 Å². The van der Waals surface area contributed by atoms with Crippen LogP contribution in [0.1, 0.15) is 25.0 Å². The van der Waals surface area contributed by atoms with Crippen LogP contribution >= 0.6 is 24.4 Å². The van der Waals surface area contributed by atoms with E-state index in [-0.39, 0.29) is 10.2 Å². The van der Waals surface area contributed by atoms with Crippen molar-refractivity contribution in [2.45, 2.75) is 13.8 Å². The van der Waals surface area contributed by atoms with Crippen molar-refractivity contribution in [3.8, 4) is 17.2 Å². The topological polar surface area (TPSA) is 129 Å². The second-order valence-electron chi connectivity index (χ2n) is 7.41. The molecule has 2 aromatic rings. The Balaban J connectivity index is 1.59. The maximum atomic E-state index is 5.97. The van der Waals surface area contributed by atoms with Gasteiger partial charge in [-0.25, -0.2) is 0 Å². The minimum atomic E-state index is 0.109. The van der Waals surface area contributed by atoms with Crippen molar-refractivity contribution >= 4 is 57.7 Å². The molecule has 0 radical (unpaired) electrons. The van der Waals surface area contributed by atoms with Crippen LogP contribution in [-0.4, -0.2) is 41.5 Å². The largest absolute Gasteiger partial charge is 0.488 e. The van der Waals surface area contributed by atoms with Crippen LogP contribution in [0.3, 0.4) is 0 Å². The molecule has 0 saturated carbocycles. The zero-order valence-electron chi connectivity index (χ0n) is 18.8. The van der Waals surface area contributed by atoms with Crippen molar-refractivity contribution in [2.24, 2.45) is 21.7 Å². The van der Waals surface area contributed by atoms with E-state index in [2.05, 4.69) is 27.1 Å². The van der Waals surface area contributed by atoms with Crippen molar-refractivity contribution in [3.63, 3.8) is 0 Å². The molecule has 0 aromatic heterocycles. The number of thiocarbonyl (C=S) groups is 2. The van der Waals surface area contributed by atoms with Gasteiger partial charge in [0.2, 0.25) is 0 Å². The number of hydrogen-bond acceptors (Lipinski definition) is 7. The summed E-state index contributed by atoms with van der Waals surface area (Å²) in [7, 11) is 0. The van der Waals surface area contributed by atoms with E-state index < -0.39 is 0 Å². The minimum Gasteiger partial charge on any atom is -0.488 e. The van der Waals surface area contributed by atoms with E-state index in [0.717, 1.165) is 33.9 Å². The molecule has 0 fully saturated rings.